The molecule has 2 aliphatic rings. The van der Waals surface area contributed by atoms with E-state index in [1.54, 1.807) is 13.8 Å². The molecule has 2 aromatic rings. The normalized spacial score (nSPS) is 23.4. The van der Waals surface area contributed by atoms with Crippen molar-refractivity contribution in [2.24, 2.45) is 10.8 Å². The van der Waals surface area contributed by atoms with Gasteiger partial charge in [-0.15, -0.1) is 0 Å². The zero-order valence-corrected chi connectivity index (χ0v) is 20.0. The molecule has 4 rings (SSSR count). The minimum absolute atomic E-state index is 0.215. The Morgan fingerprint density at radius 1 is 0.853 bits per heavy atom. The number of fused-ring (bicyclic) bond motifs is 5. The number of hydrogen-bond acceptors (Lipinski definition) is 8. The van der Waals surface area contributed by atoms with Gasteiger partial charge in [-0.1, -0.05) is 24.3 Å². The maximum absolute atomic E-state index is 12.7. The number of ether oxygens (including phenoxy) is 2. The lowest BCUT2D eigenvalue weighted by Gasteiger charge is -2.41. The summed E-state index contributed by atoms with van der Waals surface area (Å²) >= 11 is 0. The highest BCUT2D eigenvalue weighted by Gasteiger charge is 2.48. The Labute approximate surface area is 199 Å². The van der Waals surface area contributed by atoms with Gasteiger partial charge in [0.2, 0.25) is 0 Å². The molecule has 2 aliphatic heterocycles. The van der Waals surface area contributed by atoms with Crippen molar-refractivity contribution in [1.29, 1.82) is 10.5 Å². The summed E-state index contributed by atoms with van der Waals surface area (Å²) in [6.45, 7) is 4.33. The van der Waals surface area contributed by atoms with Crippen LogP contribution in [0.25, 0.3) is 10.8 Å². The van der Waals surface area contributed by atoms with Crippen LogP contribution in [-0.4, -0.2) is 52.3 Å². The average molecular weight is 461 g/mol. The quantitative estimate of drug-likeness (QED) is 0.641. The Morgan fingerprint density at radius 2 is 1.26 bits per heavy atom. The molecule has 2 unspecified atom stereocenters. The molecule has 0 aromatic heterocycles. The van der Waals surface area contributed by atoms with E-state index >= 15 is 0 Å². The SMILES string of the molecule is CCOC(=O)C1(C#N)Cc2ccc3ccc4c(c3c2N(C)C1)N(C)CC(C#N)(C(=O)OCC)C4. The Balaban J connectivity index is 1.88. The van der Waals surface area contributed by atoms with Crippen molar-refractivity contribution in [2.45, 2.75) is 26.7 Å². The number of carbonyl (C=O) groups excluding carboxylic acids is 2. The number of hydrogen-bond donors (Lipinski definition) is 0. The first-order valence-corrected chi connectivity index (χ1v) is 11.4. The molecule has 0 amide bonds. The Bertz CT molecular complexity index is 1170. The van der Waals surface area contributed by atoms with E-state index in [1.165, 1.54) is 0 Å². The molecule has 8 heteroatoms. The summed E-state index contributed by atoms with van der Waals surface area (Å²) in [6.07, 6.45) is 0.520. The van der Waals surface area contributed by atoms with E-state index < -0.39 is 22.8 Å². The van der Waals surface area contributed by atoms with Gasteiger partial charge < -0.3 is 19.3 Å². The van der Waals surface area contributed by atoms with Crippen molar-refractivity contribution in [3.05, 3.63) is 35.4 Å². The predicted octanol–water partition coefficient (Wildman–Crippen LogP) is 2.97. The van der Waals surface area contributed by atoms with Gasteiger partial charge in [0.1, 0.15) is 0 Å². The van der Waals surface area contributed by atoms with E-state index in [1.807, 2.05) is 48.2 Å². The number of esters is 2. The highest BCUT2D eigenvalue weighted by atomic mass is 16.5. The first-order valence-electron chi connectivity index (χ1n) is 11.4. The van der Waals surface area contributed by atoms with Gasteiger partial charge in [-0.2, -0.15) is 10.5 Å². The van der Waals surface area contributed by atoms with Crippen molar-refractivity contribution in [2.75, 3.05) is 50.2 Å². The van der Waals surface area contributed by atoms with Crippen LogP contribution in [0.5, 0.6) is 0 Å². The van der Waals surface area contributed by atoms with Crippen molar-refractivity contribution in [3.8, 4) is 12.1 Å². The lowest BCUT2D eigenvalue weighted by atomic mass is 9.75. The molecule has 2 aromatic carbocycles. The van der Waals surface area contributed by atoms with Gasteiger partial charge in [-0.05, 0) is 30.4 Å². The lowest BCUT2D eigenvalue weighted by Crippen LogP contribution is -2.48. The summed E-state index contributed by atoms with van der Waals surface area (Å²) in [5.41, 5.74) is 1.15. The molecular formula is C26H28N4O4. The monoisotopic (exact) mass is 460 g/mol. The molecular weight excluding hydrogens is 432 g/mol. The van der Waals surface area contributed by atoms with Gasteiger partial charge in [0, 0.05) is 56.8 Å². The average Bonchev–Trinajstić information content (AvgIpc) is 2.83. The summed E-state index contributed by atoms with van der Waals surface area (Å²) in [7, 11) is 3.76. The second-order valence-corrected chi connectivity index (χ2v) is 9.14. The van der Waals surface area contributed by atoms with Gasteiger partial charge in [0.15, 0.2) is 10.8 Å². The van der Waals surface area contributed by atoms with Crippen LogP contribution >= 0.6 is 0 Å². The molecule has 176 valence electrons. The molecule has 0 saturated heterocycles. The summed E-state index contributed by atoms with van der Waals surface area (Å²) in [6, 6.07) is 12.4. The highest BCUT2D eigenvalue weighted by molar-refractivity contribution is 6.07. The fraction of sp³-hybridized carbons (Fsp3) is 0.462. The molecule has 0 radical (unpaired) electrons. The Hall–Kier alpha value is -3.78. The largest absolute Gasteiger partial charge is 0.465 e. The van der Waals surface area contributed by atoms with Crippen molar-refractivity contribution >= 4 is 34.1 Å². The van der Waals surface area contributed by atoms with E-state index in [4.69, 9.17) is 9.47 Å². The minimum Gasteiger partial charge on any atom is -0.465 e. The third-order valence-corrected chi connectivity index (χ3v) is 6.82. The van der Waals surface area contributed by atoms with Gasteiger partial charge in [0.05, 0.1) is 25.4 Å². The maximum Gasteiger partial charge on any atom is 0.328 e. The first-order chi connectivity index (χ1) is 16.3. The van der Waals surface area contributed by atoms with Crippen LogP contribution in [0.4, 0.5) is 11.4 Å². The lowest BCUT2D eigenvalue weighted by molar-refractivity contribution is -0.152. The van der Waals surface area contributed by atoms with Gasteiger partial charge in [-0.25, -0.2) is 0 Å². The predicted molar refractivity (Wildman–Crippen MR) is 127 cm³/mol. The molecule has 0 N–H and O–H groups in total. The summed E-state index contributed by atoms with van der Waals surface area (Å²) in [5, 5.41) is 21.9. The van der Waals surface area contributed by atoms with Gasteiger partial charge in [-0.3, -0.25) is 9.59 Å². The third kappa shape index (κ3) is 3.42. The van der Waals surface area contributed by atoms with E-state index in [-0.39, 0.29) is 39.1 Å². The molecule has 8 nitrogen and oxygen atoms in total. The summed E-state index contributed by atoms with van der Waals surface area (Å²) < 4.78 is 10.5. The molecule has 0 fully saturated rings. The fourth-order valence-corrected chi connectivity index (χ4v) is 5.41. The van der Waals surface area contributed by atoms with Crippen molar-refractivity contribution in [1.82, 2.24) is 0 Å². The number of carbonyl (C=O) groups is 2. The minimum atomic E-state index is -1.27. The number of anilines is 2. The van der Waals surface area contributed by atoms with Crippen molar-refractivity contribution in [3.63, 3.8) is 0 Å². The van der Waals surface area contributed by atoms with E-state index in [0.29, 0.717) is 0 Å². The van der Waals surface area contributed by atoms with Crippen molar-refractivity contribution < 1.29 is 19.1 Å². The Kier molecular flexibility index (Phi) is 5.87. The van der Waals surface area contributed by atoms with Gasteiger partial charge in [0.25, 0.3) is 0 Å². The van der Waals surface area contributed by atoms with E-state index in [9.17, 15) is 20.1 Å². The first kappa shape index (κ1) is 23.4. The molecule has 2 atom stereocenters. The molecule has 0 bridgehead atoms. The van der Waals surface area contributed by atoms with E-state index in [2.05, 4.69) is 12.1 Å². The van der Waals surface area contributed by atoms with E-state index in [0.717, 1.165) is 33.3 Å². The molecule has 0 aliphatic carbocycles. The van der Waals surface area contributed by atoms with Crippen LogP contribution in [-0.2, 0) is 31.9 Å². The number of rotatable bonds is 4. The van der Waals surface area contributed by atoms with Crippen LogP contribution in [0.3, 0.4) is 0 Å². The smallest absolute Gasteiger partial charge is 0.328 e. The molecule has 0 saturated carbocycles. The second-order valence-electron chi connectivity index (χ2n) is 9.14. The van der Waals surface area contributed by atoms with Gasteiger partial charge >= 0.3 is 11.9 Å². The standard InChI is InChI=1S/C26H28N4O4/c1-5-33-23(31)25(13-27)11-18-9-7-17-8-10-19-12-26(14-28,24(32)34-6-2)16-30(4)22(19)20(17)21(18)29(3)15-25/h7-10H,5-6,11-12,15-16H2,1-4H3. The summed E-state index contributed by atoms with van der Waals surface area (Å²) in [5.74, 6) is -1.01. The van der Waals surface area contributed by atoms with Crippen LogP contribution in [0.15, 0.2) is 24.3 Å². The Morgan fingerprint density at radius 3 is 1.62 bits per heavy atom. The molecule has 2 heterocycles. The maximum atomic E-state index is 12.7. The third-order valence-electron chi connectivity index (χ3n) is 6.82. The molecule has 0 spiro atoms. The van der Waals surface area contributed by atoms with Crippen LogP contribution in [0.1, 0.15) is 25.0 Å². The summed E-state index contributed by atoms with van der Waals surface area (Å²) in [4.78, 5) is 29.3. The van der Waals surface area contributed by atoms with Crippen LogP contribution in [0, 0.1) is 33.5 Å². The fourth-order valence-electron chi connectivity index (χ4n) is 5.41. The zero-order chi connectivity index (χ0) is 24.7. The topological polar surface area (TPSA) is 107 Å². The highest BCUT2D eigenvalue weighted by Crippen LogP contribution is 2.48. The van der Waals surface area contributed by atoms with Crippen LogP contribution in [0.2, 0.25) is 0 Å². The van der Waals surface area contributed by atoms with Crippen LogP contribution < -0.4 is 9.80 Å². The zero-order valence-electron chi connectivity index (χ0n) is 20.0. The number of nitrogens with zero attached hydrogens (tertiary/aromatic N) is 4. The number of benzene rings is 2. The molecule has 34 heavy (non-hydrogen) atoms. The second kappa shape index (κ2) is 8.53. The number of nitriles is 2.